The summed E-state index contributed by atoms with van der Waals surface area (Å²) in [5, 5.41) is 11.7. The largest absolute Gasteiger partial charge is 0.396 e. The van der Waals surface area contributed by atoms with Crippen LogP contribution in [0.1, 0.15) is 99.0 Å². The van der Waals surface area contributed by atoms with Gasteiger partial charge in [0.15, 0.2) is 5.78 Å². The number of benzene rings is 1. The molecule has 302 valence electrons. The number of methoxy groups -OCH3 is 1. The second-order valence-corrected chi connectivity index (χ2v) is 16.8. The van der Waals surface area contributed by atoms with E-state index in [9.17, 15) is 24.3 Å². The van der Waals surface area contributed by atoms with E-state index in [1.807, 2.05) is 70.6 Å². The van der Waals surface area contributed by atoms with E-state index in [-0.39, 0.29) is 78.6 Å². The molecule has 1 saturated heterocycles. The summed E-state index contributed by atoms with van der Waals surface area (Å²) in [5.41, 5.74) is 2.08. The predicted octanol–water partition coefficient (Wildman–Crippen LogP) is 6.46. The number of carbonyl (C=O) groups is 4. The quantitative estimate of drug-likeness (QED) is 0.146. The lowest BCUT2D eigenvalue weighted by Gasteiger charge is -2.41. The van der Waals surface area contributed by atoms with Crippen molar-refractivity contribution in [3.63, 3.8) is 0 Å². The Hall–Kier alpha value is -3.21. The molecule has 0 aliphatic carbocycles. The number of fused-ring (bicyclic) bond motifs is 1. The number of carbonyl (C=O) groups excluding carboxylic acids is 4. The Kier molecular flexibility index (Phi) is 17.7. The molecule has 1 N–H and O–H groups in total. The van der Waals surface area contributed by atoms with Crippen LogP contribution in [0.5, 0.6) is 0 Å². The van der Waals surface area contributed by atoms with Crippen LogP contribution in [0.2, 0.25) is 0 Å². The first-order valence-electron chi connectivity index (χ1n) is 20.3. The maximum absolute atomic E-state index is 14.3. The monoisotopic (exact) mass is 751 g/mol. The van der Waals surface area contributed by atoms with Gasteiger partial charge in [-0.3, -0.25) is 29.1 Å². The van der Waals surface area contributed by atoms with Crippen LogP contribution < -0.4 is 0 Å². The van der Waals surface area contributed by atoms with E-state index in [1.165, 1.54) is 0 Å². The van der Waals surface area contributed by atoms with Gasteiger partial charge in [0.1, 0.15) is 5.78 Å². The maximum Gasteiger partial charge on any atom is 0.226 e. The molecule has 0 bridgehead atoms. The highest BCUT2D eigenvalue weighted by molar-refractivity contribution is 5.90. The summed E-state index contributed by atoms with van der Waals surface area (Å²) in [5.74, 6) is -1.23. The second-order valence-electron chi connectivity index (χ2n) is 16.8. The fourth-order valence-corrected chi connectivity index (χ4v) is 8.84. The average Bonchev–Trinajstić information content (AvgIpc) is 3.62. The molecule has 2 amide bonds. The number of hydrogen-bond acceptors (Lipinski definition) is 8. The summed E-state index contributed by atoms with van der Waals surface area (Å²) in [4.78, 5) is 65.5. The van der Waals surface area contributed by atoms with E-state index in [2.05, 4.69) is 37.0 Å². The number of pyridine rings is 1. The van der Waals surface area contributed by atoms with Crippen molar-refractivity contribution in [3.8, 4) is 0 Å². The molecule has 10 heteroatoms. The lowest BCUT2D eigenvalue weighted by Crippen LogP contribution is -2.54. The number of aryl methyl sites for hydroxylation is 1. The van der Waals surface area contributed by atoms with Gasteiger partial charge in [0.2, 0.25) is 11.8 Å². The van der Waals surface area contributed by atoms with Gasteiger partial charge in [-0.25, -0.2) is 0 Å². The number of ketones is 2. The highest BCUT2D eigenvalue weighted by atomic mass is 16.5. The lowest BCUT2D eigenvalue weighted by atomic mass is 9.82. The zero-order valence-corrected chi connectivity index (χ0v) is 35.1. The van der Waals surface area contributed by atoms with Crippen LogP contribution in [-0.4, -0.2) is 114 Å². The molecule has 1 fully saturated rings. The van der Waals surface area contributed by atoms with Gasteiger partial charge in [-0.15, -0.1) is 0 Å². The van der Waals surface area contributed by atoms with E-state index in [1.54, 1.807) is 25.3 Å². The molecule has 8 atom stereocenters. The lowest BCUT2D eigenvalue weighted by molar-refractivity contribution is -0.148. The van der Waals surface area contributed by atoms with Gasteiger partial charge in [0.05, 0.1) is 30.1 Å². The third kappa shape index (κ3) is 11.4. The molecule has 1 aliphatic rings. The topological polar surface area (TPSA) is 120 Å². The summed E-state index contributed by atoms with van der Waals surface area (Å²) >= 11 is 0. The Balaban J connectivity index is 1.71. The van der Waals surface area contributed by atoms with Crippen LogP contribution in [-0.2, 0) is 30.3 Å². The third-order valence-electron chi connectivity index (χ3n) is 12.2. The van der Waals surface area contributed by atoms with Crippen LogP contribution in [0.25, 0.3) is 10.9 Å². The molecule has 1 aromatic carbocycles. The zero-order chi connectivity index (χ0) is 40.3. The molecule has 2 aromatic rings. The van der Waals surface area contributed by atoms with Crippen molar-refractivity contribution in [3.05, 3.63) is 42.1 Å². The molecule has 1 aliphatic heterocycles. The van der Waals surface area contributed by atoms with Gasteiger partial charge in [-0.05, 0) is 75.2 Å². The molecule has 10 nitrogen and oxygen atoms in total. The second kappa shape index (κ2) is 21.2. The van der Waals surface area contributed by atoms with Gasteiger partial charge >= 0.3 is 0 Å². The first-order valence-corrected chi connectivity index (χ1v) is 20.3. The predicted molar refractivity (Wildman–Crippen MR) is 216 cm³/mol. The van der Waals surface area contributed by atoms with E-state index in [0.717, 1.165) is 42.1 Å². The number of nitrogens with zero attached hydrogens (tertiary/aromatic N) is 4. The maximum atomic E-state index is 14.3. The Labute approximate surface area is 325 Å². The first-order chi connectivity index (χ1) is 25.6. The first kappa shape index (κ1) is 45.2. The van der Waals surface area contributed by atoms with Crippen LogP contribution in [0.3, 0.4) is 0 Å². The van der Waals surface area contributed by atoms with Crippen LogP contribution >= 0.6 is 0 Å². The highest BCUT2D eigenvalue weighted by Crippen LogP contribution is 2.33. The minimum absolute atomic E-state index is 0.0217. The van der Waals surface area contributed by atoms with Crippen molar-refractivity contribution in [2.45, 2.75) is 124 Å². The number of rotatable bonds is 22. The zero-order valence-electron chi connectivity index (χ0n) is 35.1. The number of hydrogen-bond donors (Lipinski definition) is 1. The summed E-state index contributed by atoms with van der Waals surface area (Å²) in [6.45, 7) is 14.4. The van der Waals surface area contributed by atoms with Crippen LogP contribution in [0.4, 0.5) is 0 Å². The Morgan fingerprint density at radius 3 is 2.28 bits per heavy atom. The smallest absolute Gasteiger partial charge is 0.226 e. The Morgan fingerprint density at radius 2 is 1.69 bits per heavy atom. The molecule has 1 unspecified atom stereocenters. The molecule has 0 spiro atoms. The summed E-state index contributed by atoms with van der Waals surface area (Å²) in [6.07, 6.45) is 5.58. The molecular weight excluding hydrogens is 681 g/mol. The minimum Gasteiger partial charge on any atom is -0.396 e. The number of ether oxygens (including phenoxy) is 1. The van der Waals surface area contributed by atoms with Gasteiger partial charge in [-0.1, -0.05) is 73.1 Å². The van der Waals surface area contributed by atoms with E-state index in [0.29, 0.717) is 19.4 Å². The normalized spacial score (nSPS) is 18.8. The number of amides is 2. The molecule has 54 heavy (non-hydrogen) atoms. The van der Waals surface area contributed by atoms with E-state index >= 15 is 0 Å². The van der Waals surface area contributed by atoms with Gasteiger partial charge in [0.25, 0.3) is 0 Å². The van der Waals surface area contributed by atoms with E-state index in [4.69, 9.17) is 4.74 Å². The van der Waals surface area contributed by atoms with Crippen molar-refractivity contribution >= 4 is 34.3 Å². The fourth-order valence-electron chi connectivity index (χ4n) is 8.84. The number of aliphatic hydroxyl groups excluding tert-OH is 1. The molecular formula is C44H70N4O6. The Bertz CT molecular complexity index is 1520. The van der Waals surface area contributed by atoms with Crippen molar-refractivity contribution in [2.24, 2.45) is 35.5 Å². The van der Waals surface area contributed by atoms with Gasteiger partial charge in [-0.2, -0.15) is 0 Å². The summed E-state index contributed by atoms with van der Waals surface area (Å²) < 4.78 is 6.05. The molecule has 0 radical (unpaired) electrons. The summed E-state index contributed by atoms with van der Waals surface area (Å²) in [7, 11) is 7.18. The average molecular weight is 751 g/mol. The number of aromatic nitrogens is 1. The SMILES string of the molecule is CC[C@H](C)C([C@@H](CC(=O)N1CCC[C@H]1[C@H](CO)[C@@H](C)C(=O)CCCc1ccc2cccnc2c1)OC)N(C)C(=O)[C@@H](CC(=O)[C@H](C(C)C)N(C)C)C(C)C. The molecule has 0 saturated carbocycles. The Morgan fingerprint density at radius 1 is 0.981 bits per heavy atom. The van der Waals surface area contributed by atoms with Crippen molar-refractivity contribution in [1.29, 1.82) is 0 Å². The van der Waals surface area contributed by atoms with Crippen molar-refractivity contribution in [1.82, 2.24) is 19.7 Å². The van der Waals surface area contributed by atoms with Crippen molar-refractivity contribution < 1.29 is 29.0 Å². The number of likely N-dealkylation sites (N-methyl/N-ethyl adjacent to an activating group) is 2. The fraction of sp³-hybridized carbons (Fsp3) is 0.705. The number of Topliss-reactive ketones (excluding diaryl/α,β-unsaturated/α-hetero) is 2. The molecule has 2 heterocycles. The third-order valence-corrected chi connectivity index (χ3v) is 12.2. The summed E-state index contributed by atoms with van der Waals surface area (Å²) in [6, 6.07) is 9.25. The van der Waals surface area contributed by atoms with Gasteiger partial charge < -0.3 is 19.6 Å². The number of likely N-dealkylation sites (tertiary alicyclic amines) is 1. The molecule has 3 rings (SSSR count). The van der Waals surface area contributed by atoms with Crippen molar-refractivity contribution in [2.75, 3.05) is 41.4 Å². The van der Waals surface area contributed by atoms with Crippen LogP contribution in [0.15, 0.2) is 36.5 Å². The minimum atomic E-state index is -0.576. The van der Waals surface area contributed by atoms with Gasteiger partial charge in [0, 0.05) is 75.5 Å². The van der Waals surface area contributed by atoms with E-state index < -0.39 is 24.0 Å². The number of aliphatic hydroxyl groups is 1. The molecule has 1 aromatic heterocycles. The highest BCUT2D eigenvalue weighted by Gasteiger charge is 2.42. The standard InChI is InChI=1S/C44H70N4O6/c1-12-30(6)43(47(10)44(53)34(28(2)3)25-39(51)42(29(4)5)46(8)9)40(54-11)26-41(52)48-23-15-18-37(48)35(27-49)31(7)38(50)19-13-16-32-20-21-33-17-14-22-45-36(33)24-32/h14,17,20-22,24,28-31,34-35,37,40,42-43,49H,12-13,15-16,18-19,23,25-27H2,1-11H3/t30-,31+,34-,35+,37-,40+,42-,43?/m0/s1. The van der Waals surface area contributed by atoms with Crippen LogP contribution in [0, 0.1) is 35.5 Å².